The van der Waals surface area contributed by atoms with E-state index in [0.717, 1.165) is 16.8 Å². The number of nitrogens with zero attached hydrogens (tertiary/aromatic N) is 2. The smallest absolute Gasteiger partial charge is 0.412 e. The summed E-state index contributed by atoms with van der Waals surface area (Å²) in [5.41, 5.74) is -0.749. The van der Waals surface area contributed by atoms with Crippen LogP contribution in [0, 0.1) is 11.6 Å². The molecule has 0 saturated heterocycles. The van der Waals surface area contributed by atoms with Crippen molar-refractivity contribution < 1.29 is 28.2 Å². The highest BCUT2D eigenvalue weighted by Crippen LogP contribution is 2.19. The lowest BCUT2D eigenvalue weighted by Gasteiger charge is -2.29. The Morgan fingerprint density at radius 1 is 1.14 bits per heavy atom. The fraction of sp³-hybridized carbons (Fsp3) is 0.393. The maximum absolute atomic E-state index is 14.0. The van der Waals surface area contributed by atoms with Gasteiger partial charge in [0.25, 0.3) is 0 Å². The lowest BCUT2D eigenvalue weighted by molar-refractivity contribution is -0.133. The normalized spacial score (nSPS) is 12.3. The number of pyridine rings is 1. The maximum atomic E-state index is 14.0. The average molecular weight is 514 g/mol. The zero-order chi connectivity index (χ0) is 27.0. The predicted octanol–water partition coefficient (Wildman–Crippen LogP) is 5.46. The molecule has 0 fully saturated rings. The summed E-state index contributed by atoms with van der Waals surface area (Å²) in [6.07, 6.45) is 2.50. The molecule has 0 aliphatic rings. The second-order valence-corrected chi connectivity index (χ2v) is 9.72. The molecule has 0 saturated carbocycles. The Morgan fingerprint density at radius 2 is 1.86 bits per heavy atom. The fourth-order valence-corrected chi connectivity index (χ4v) is 3.99. The fourth-order valence-electron chi connectivity index (χ4n) is 3.99. The number of nitrogens with one attached hydrogen (secondary N) is 1. The van der Waals surface area contributed by atoms with Gasteiger partial charge in [-0.05, 0) is 62.6 Å². The Labute approximate surface area is 215 Å². The molecule has 0 bridgehead atoms. The quantitative estimate of drug-likeness (QED) is 0.355. The van der Waals surface area contributed by atoms with E-state index in [4.69, 9.17) is 4.74 Å². The summed E-state index contributed by atoms with van der Waals surface area (Å²) in [4.78, 5) is 31.0. The third-order valence-electron chi connectivity index (χ3n) is 6.17. The largest absolute Gasteiger partial charge is 0.447 e. The van der Waals surface area contributed by atoms with Crippen LogP contribution in [0.4, 0.5) is 19.4 Å². The summed E-state index contributed by atoms with van der Waals surface area (Å²) in [5.74, 6) is -1.87. The molecule has 0 spiro atoms. The SMILES string of the molecule is CN(C(=O)CCc1cccc(F)c1F)[C@@H](CCCC(C)(C)O)COC(=O)Nc1cc2ccccc2cn1. The van der Waals surface area contributed by atoms with E-state index in [2.05, 4.69) is 10.3 Å². The molecule has 0 aliphatic carbocycles. The van der Waals surface area contributed by atoms with Crippen LogP contribution in [0.25, 0.3) is 10.8 Å². The number of aryl methyl sites for hydroxylation is 1. The number of carbonyl (C=O) groups is 2. The number of hydrogen-bond acceptors (Lipinski definition) is 5. The molecule has 2 aromatic carbocycles. The number of halogens is 2. The van der Waals surface area contributed by atoms with Gasteiger partial charge in [0.2, 0.25) is 5.91 Å². The van der Waals surface area contributed by atoms with E-state index in [1.807, 2.05) is 24.3 Å². The number of ether oxygens (including phenoxy) is 1. The minimum Gasteiger partial charge on any atom is -0.447 e. The summed E-state index contributed by atoms with van der Waals surface area (Å²) in [6.45, 7) is 3.32. The van der Waals surface area contributed by atoms with Crippen molar-refractivity contribution in [2.75, 3.05) is 19.0 Å². The number of likely N-dealkylation sites (N-methyl/N-ethyl adjacent to an activating group) is 1. The van der Waals surface area contributed by atoms with Gasteiger partial charge in [0.1, 0.15) is 12.4 Å². The van der Waals surface area contributed by atoms with Gasteiger partial charge in [0, 0.05) is 25.1 Å². The van der Waals surface area contributed by atoms with E-state index in [0.29, 0.717) is 25.1 Å². The van der Waals surface area contributed by atoms with Gasteiger partial charge in [-0.15, -0.1) is 0 Å². The van der Waals surface area contributed by atoms with Crippen molar-refractivity contribution in [3.8, 4) is 0 Å². The molecule has 3 rings (SSSR count). The van der Waals surface area contributed by atoms with Crippen LogP contribution >= 0.6 is 0 Å². The zero-order valence-corrected chi connectivity index (χ0v) is 21.3. The molecule has 7 nitrogen and oxygen atoms in total. The Balaban J connectivity index is 1.60. The maximum Gasteiger partial charge on any atom is 0.412 e. The van der Waals surface area contributed by atoms with Crippen molar-refractivity contribution in [3.05, 3.63) is 71.9 Å². The highest BCUT2D eigenvalue weighted by molar-refractivity contribution is 5.89. The topological polar surface area (TPSA) is 91.8 Å². The molecule has 198 valence electrons. The van der Waals surface area contributed by atoms with Gasteiger partial charge >= 0.3 is 6.09 Å². The molecule has 1 heterocycles. The molecular weight excluding hydrogens is 480 g/mol. The van der Waals surface area contributed by atoms with Crippen LogP contribution in [0.5, 0.6) is 0 Å². The van der Waals surface area contributed by atoms with E-state index in [1.54, 1.807) is 33.2 Å². The number of hydrogen-bond donors (Lipinski definition) is 2. The molecule has 0 unspecified atom stereocenters. The van der Waals surface area contributed by atoms with Crippen molar-refractivity contribution >= 4 is 28.6 Å². The molecule has 0 radical (unpaired) electrons. The molecule has 2 N–H and O–H groups in total. The van der Waals surface area contributed by atoms with Crippen LogP contribution in [-0.4, -0.2) is 52.3 Å². The Hall–Kier alpha value is -3.59. The van der Waals surface area contributed by atoms with Crippen LogP contribution < -0.4 is 5.32 Å². The Bertz CT molecular complexity index is 1230. The Morgan fingerprint density at radius 3 is 2.59 bits per heavy atom. The van der Waals surface area contributed by atoms with Gasteiger partial charge in [-0.25, -0.2) is 18.6 Å². The van der Waals surface area contributed by atoms with Crippen LogP contribution in [0.1, 0.15) is 45.1 Å². The van der Waals surface area contributed by atoms with Gasteiger partial charge in [0.05, 0.1) is 11.6 Å². The molecule has 0 aliphatic heterocycles. The number of benzene rings is 2. The minimum atomic E-state index is -0.956. The van der Waals surface area contributed by atoms with Crippen LogP contribution in [0.3, 0.4) is 0 Å². The second kappa shape index (κ2) is 12.6. The molecule has 2 amide bonds. The van der Waals surface area contributed by atoms with Crippen LogP contribution in [0.2, 0.25) is 0 Å². The lowest BCUT2D eigenvalue weighted by Crippen LogP contribution is -2.41. The number of aromatic nitrogens is 1. The van der Waals surface area contributed by atoms with Gasteiger partial charge < -0.3 is 14.7 Å². The van der Waals surface area contributed by atoms with Crippen LogP contribution in [0.15, 0.2) is 54.7 Å². The lowest BCUT2D eigenvalue weighted by atomic mass is 9.99. The monoisotopic (exact) mass is 513 g/mol. The number of aliphatic hydroxyl groups is 1. The van der Waals surface area contributed by atoms with E-state index in [1.165, 1.54) is 17.0 Å². The number of anilines is 1. The summed E-state index contributed by atoms with van der Waals surface area (Å²) in [7, 11) is 1.59. The predicted molar refractivity (Wildman–Crippen MR) is 138 cm³/mol. The highest BCUT2D eigenvalue weighted by Gasteiger charge is 2.23. The first-order chi connectivity index (χ1) is 17.5. The number of rotatable bonds is 11. The standard InChI is InChI=1S/C28H33F2N3O4/c1-28(2,36)15-7-11-22(33(3)25(34)14-13-19-10-6-12-23(29)26(19)30)18-37-27(35)32-24-16-20-8-4-5-9-21(20)17-31-24/h4-6,8-10,12,16-17,22,36H,7,11,13-15,18H2,1-3H3,(H,31,32,35)/t22-/m0/s1. The highest BCUT2D eigenvalue weighted by atomic mass is 19.2. The third kappa shape index (κ3) is 8.49. The molecule has 1 aromatic heterocycles. The molecular formula is C28H33F2N3O4. The van der Waals surface area contributed by atoms with Crippen molar-refractivity contribution in [2.24, 2.45) is 0 Å². The van der Waals surface area contributed by atoms with Crippen molar-refractivity contribution in [2.45, 2.75) is 57.6 Å². The van der Waals surface area contributed by atoms with Crippen molar-refractivity contribution in [1.82, 2.24) is 9.88 Å². The molecule has 1 atom stereocenters. The molecule has 37 heavy (non-hydrogen) atoms. The summed E-state index contributed by atoms with van der Waals surface area (Å²) >= 11 is 0. The average Bonchev–Trinajstić information content (AvgIpc) is 2.85. The van der Waals surface area contributed by atoms with Crippen LogP contribution in [-0.2, 0) is 16.0 Å². The van der Waals surface area contributed by atoms with E-state index >= 15 is 0 Å². The number of fused-ring (bicyclic) bond motifs is 1. The molecule has 3 aromatic rings. The van der Waals surface area contributed by atoms with E-state index in [-0.39, 0.29) is 30.9 Å². The van der Waals surface area contributed by atoms with Gasteiger partial charge in [-0.2, -0.15) is 0 Å². The second-order valence-electron chi connectivity index (χ2n) is 9.72. The third-order valence-corrected chi connectivity index (χ3v) is 6.17. The first-order valence-corrected chi connectivity index (χ1v) is 12.2. The minimum absolute atomic E-state index is 0.0356. The Kier molecular flexibility index (Phi) is 9.52. The van der Waals surface area contributed by atoms with E-state index in [9.17, 15) is 23.5 Å². The first-order valence-electron chi connectivity index (χ1n) is 12.2. The summed E-state index contributed by atoms with van der Waals surface area (Å²) in [5, 5.41) is 14.5. The van der Waals surface area contributed by atoms with Gasteiger partial charge in [-0.3, -0.25) is 10.1 Å². The molecule has 9 heteroatoms. The van der Waals surface area contributed by atoms with Crippen molar-refractivity contribution in [3.63, 3.8) is 0 Å². The van der Waals surface area contributed by atoms with Gasteiger partial charge in [-0.1, -0.05) is 36.4 Å². The van der Waals surface area contributed by atoms with Gasteiger partial charge in [0.15, 0.2) is 11.6 Å². The zero-order valence-electron chi connectivity index (χ0n) is 21.3. The summed E-state index contributed by atoms with van der Waals surface area (Å²) in [6, 6.07) is 12.7. The number of amides is 2. The van der Waals surface area contributed by atoms with Crippen molar-refractivity contribution in [1.29, 1.82) is 0 Å². The first kappa shape index (κ1) is 28.0. The number of carbonyl (C=O) groups excluding carboxylic acids is 2. The summed E-state index contributed by atoms with van der Waals surface area (Å²) < 4.78 is 32.9. The van der Waals surface area contributed by atoms with E-state index < -0.39 is 29.4 Å².